The molecule has 1 saturated heterocycles. The quantitative estimate of drug-likeness (QED) is 0.775. The van der Waals surface area contributed by atoms with Crippen molar-refractivity contribution >= 4 is 5.78 Å². The van der Waals surface area contributed by atoms with Crippen molar-refractivity contribution in [2.75, 3.05) is 13.1 Å². The molecule has 1 aromatic rings. The molecule has 0 N–H and O–H groups in total. The van der Waals surface area contributed by atoms with Gasteiger partial charge in [-0.15, -0.1) is 0 Å². The number of carbonyl (C=O) groups is 1. The standard InChI is InChI=1S/C17H22F3NO/c1-11(2)21-9-7-13(8-10-21)17(19,20)15-6-4-5-14(12(3)22)16(15)18/h4-6,11,13H,7-10H2,1-3H3. The van der Waals surface area contributed by atoms with Crippen LogP contribution in [0.1, 0.15) is 49.5 Å². The van der Waals surface area contributed by atoms with Gasteiger partial charge in [0, 0.05) is 12.0 Å². The molecule has 0 aromatic heterocycles. The number of carbonyl (C=O) groups excluding carboxylic acids is 1. The number of rotatable bonds is 4. The largest absolute Gasteiger partial charge is 0.301 e. The van der Waals surface area contributed by atoms with Crippen LogP contribution in [-0.4, -0.2) is 29.8 Å². The van der Waals surface area contributed by atoms with Crippen molar-refractivity contribution in [3.8, 4) is 0 Å². The van der Waals surface area contributed by atoms with Crippen LogP contribution < -0.4 is 0 Å². The molecule has 5 heteroatoms. The molecule has 0 aliphatic carbocycles. The van der Waals surface area contributed by atoms with Crippen LogP contribution in [-0.2, 0) is 5.92 Å². The number of hydrogen-bond acceptors (Lipinski definition) is 2. The van der Waals surface area contributed by atoms with Crippen LogP contribution in [0.5, 0.6) is 0 Å². The van der Waals surface area contributed by atoms with Crippen LogP contribution in [0.3, 0.4) is 0 Å². The molecular formula is C17H22F3NO. The number of benzene rings is 1. The number of likely N-dealkylation sites (tertiary alicyclic amines) is 1. The van der Waals surface area contributed by atoms with Crippen LogP contribution in [0.2, 0.25) is 0 Å². The minimum Gasteiger partial charge on any atom is -0.301 e. The fourth-order valence-corrected chi connectivity index (χ4v) is 3.06. The van der Waals surface area contributed by atoms with E-state index in [2.05, 4.69) is 4.90 Å². The topological polar surface area (TPSA) is 20.3 Å². The van der Waals surface area contributed by atoms with Gasteiger partial charge in [-0.1, -0.05) is 12.1 Å². The van der Waals surface area contributed by atoms with Gasteiger partial charge in [-0.2, -0.15) is 0 Å². The lowest BCUT2D eigenvalue weighted by molar-refractivity contribution is -0.0899. The van der Waals surface area contributed by atoms with Crippen molar-refractivity contribution < 1.29 is 18.0 Å². The normalized spacial score (nSPS) is 18.0. The fraction of sp³-hybridized carbons (Fsp3) is 0.588. The second-order valence-electron chi connectivity index (χ2n) is 6.25. The molecule has 1 heterocycles. The molecule has 0 saturated carbocycles. The Morgan fingerprint density at radius 3 is 2.36 bits per heavy atom. The summed E-state index contributed by atoms with van der Waals surface area (Å²) in [5.74, 6) is -5.76. The molecule has 0 bridgehead atoms. The van der Waals surface area contributed by atoms with Gasteiger partial charge in [0.05, 0.1) is 11.1 Å². The summed E-state index contributed by atoms with van der Waals surface area (Å²) in [7, 11) is 0. The van der Waals surface area contributed by atoms with E-state index in [4.69, 9.17) is 0 Å². The first-order chi connectivity index (χ1) is 10.2. The first-order valence-electron chi connectivity index (χ1n) is 7.67. The Hall–Kier alpha value is -1.36. The average molecular weight is 313 g/mol. The third-order valence-electron chi connectivity index (χ3n) is 4.51. The molecule has 0 spiro atoms. The zero-order valence-corrected chi connectivity index (χ0v) is 13.2. The molecule has 1 aromatic carbocycles. The third-order valence-corrected chi connectivity index (χ3v) is 4.51. The maximum absolute atomic E-state index is 14.7. The van der Waals surface area contributed by atoms with Crippen LogP contribution in [0.15, 0.2) is 18.2 Å². The van der Waals surface area contributed by atoms with Crippen molar-refractivity contribution in [1.82, 2.24) is 4.90 Å². The molecule has 2 nitrogen and oxygen atoms in total. The van der Waals surface area contributed by atoms with E-state index >= 15 is 0 Å². The van der Waals surface area contributed by atoms with Crippen LogP contribution in [0.4, 0.5) is 13.2 Å². The smallest absolute Gasteiger partial charge is 0.278 e. The first-order valence-corrected chi connectivity index (χ1v) is 7.67. The van der Waals surface area contributed by atoms with Gasteiger partial charge in [0.15, 0.2) is 5.78 Å². The van der Waals surface area contributed by atoms with E-state index in [-0.39, 0.29) is 5.56 Å². The Kier molecular flexibility index (Phi) is 4.95. The third kappa shape index (κ3) is 3.19. The van der Waals surface area contributed by atoms with Gasteiger partial charge >= 0.3 is 0 Å². The molecule has 122 valence electrons. The highest BCUT2D eigenvalue weighted by atomic mass is 19.3. The predicted molar refractivity (Wildman–Crippen MR) is 79.7 cm³/mol. The zero-order valence-electron chi connectivity index (χ0n) is 13.2. The van der Waals surface area contributed by atoms with E-state index in [1.165, 1.54) is 19.1 Å². The summed E-state index contributed by atoms with van der Waals surface area (Å²) in [4.78, 5) is 13.5. The van der Waals surface area contributed by atoms with Gasteiger partial charge in [-0.05, 0) is 52.8 Å². The number of halogens is 3. The van der Waals surface area contributed by atoms with E-state index in [1.807, 2.05) is 13.8 Å². The number of piperidine rings is 1. The van der Waals surface area contributed by atoms with Gasteiger partial charge in [0.2, 0.25) is 0 Å². The second-order valence-corrected chi connectivity index (χ2v) is 6.25. The summed E-state index contributed by atoms with van der Waals surface area (Å²) in [6.45, 7) is 6.43. The Labute approximate surface area is 129 Å². The zero-order chi connectivity index (χ0) is 16.5. The molecule has 1 aliphatic rings. The molecule has 22 heavy (non-hydrogen) atoms. The molecule has 0 unspecified atom stereocenters. The number of alkyl halides is 2. The minimum absolute atomic E-state index is 0.267. The van der Waals surface area contributed by atoms with Crippen LogP contribution >= 0.6 is 0 Å². The maximum atomic E-state index is 14.7. The molecule has 0 amide bonds. The number of ketones is 1. The van der Waals surface area contributed by atoms with E-state index in [1.54, 1.807) is 0 Å². The summed E-state index contributed by atoms with van der Waals surface area (Å²) >= 11 is 0. The van der Waals surface area contributed by atoms with E-state index in [9.17, 15) is 18.0 Å². The van der Waals surface area contributed by atoms with E-state index in [0.717, 1.165) is 6.07 Å². The lowest BCUT2D eigenvalue weighted by Gasteiger charge is -2.38. The molecule has 0 atom stereocenters. The summed E-state index contributed by atoms with van der Waals surface area (Å²) in [6, 6.07) is 3.99. The molecule has 1 aliphatic heterocycles. The monoisotopic (exact) mass is 313 g/mol. The van der Waals surface area contributed by atoms with Gasteiger partial charge in [-0.3, -0.25) is 4.79 Å². The Morgan fingerprint density at radius 2 is 1.86 bits per heavy atom. The van der Waals surface area contributed by atoms with Crippen LogP contribution in [0.25, 0.3) is 0 Å². The summed E-state index contributed by atoms with van der Waals surface area (Å²) in [5.41, 5.74) is -0.917. The number of nitrogens with zero attached hydrogens (tertiary/aromatic N) is 1. The van der Waals surface area contributed by atoms with Gasteiger partial charge in [0.25, 0.3) is 5.92 Å². The van der Waals surface area contributed by atoms with Crippen molar-refractivity contribution in [2.45, 2.75) is 45.6 Å². The highest BCUT2D eigenvalue weighted by molar-refractivity contribution is 5.94. The van der Waals surface area contributed by atoms with E-state index in [0.29, 0.717) is 32.0 Å². The van der Waals surface area contributed by atoms with Crippen molar-refractivity contribution in [3.63, 3.8) is 0 Å². The highest BCUT2D eigenvalue weighted by Crippen LogP contribution is 2.43. The van der Waals surface area contributed by atoms with Gasteiger partial charge < -0.3 is 4.90 Å². The first kappa shape index (κ1) is 17.0. The summed E-state index contributed by atoms with van der Waals surface area (Å²) < 4.78 is 43.7. The Balaban J connectivity index is 2.24. The Bertz CT molecular complexity index is 549. The molecule has 1 fully saturated rings. The summed E-state index contributed by atoms with van der Waals surface area (Å²) in [6.07, 6.45) is 0.657. The maximum Gasteiger partial charge on any atom is 0.278 e. The van der Waals surface area contributed by atoms with Crippen molar-refractivity contribution in [3.05, 3.63) is 35.1 Å². The predicted octanol–water partition coefficient (Wildman–Crippen LogP) is 4.24. The fourth-order valence-electron chi connectivity index (χ4n) is 3.06. The summed E-state index contributed by atoms with van der Waals surface area (Å²) in [5, 5.41) is 0. The van der Waals surface area contributed by atoms with Gasteiger partial charge in [-0.25, -0.2) is 13.2 Å². The van der Waals surface area contributed by atoms with Crippen LogP contribution in [0, 0.1) is 11.7 Å². The van der Waals surface area contributed by atoms with Crippen molar-refractivity contribution in [2.24, 2.45) is 5.92 Å². The SMILES string of the molecule is CC(=O)c1cccc(C(F)(F)C2CCN(C(C)C)CC2)c1F. The van der Waals surface area contributed by atoms with Crippen molar-refractivity contribution in [1.29, 1.82) is 0 Å². The lowest BCUT2D eigenvalue weighted by Crippen LogP contribution is -2.42. The average Bonchev–Trinajstić information content (AvgIpc) is 2.47. The van der Waals surface area contributed by atoms with E-state index < -0.39 is 29.0 Å². The Morgan fingerprint density at radius 1 is 1.27 bits per heavy atom. The lowest BCUT2D eigenvalue weighted by atomic mass is 9.85. The molecule has 0 radical (unpaired) electrons. The van der Waals surface area contributed by atoms with Gasteiger partial charge in [0.1, 0.15) is 5.82 Å². The number of Topliss-reactive ketones (excluding diaryl/α,β-unsaturated/α-hetero) is 1. The molecule has 2 rings (SSSR count). The molecular weight excluding hydrogens is 291 g/mol. The second kappa shape index (κ2) is 6.41. The highest BCUT2D eigenvalue weighted by Gasteiger charge is 2.45. The minimum atomic E-state index is -3.25. The number of hydrogen-bond donors (Lipinski definition) is 0.